The number of anilines is 2. The third-order valence-corrected chi connectivity index (χ3v) is 10.9. The van der Waals surface area contributed by atoms with E-state index in [0.29, 0.717) is 22.9 Å². The number of carbonyl (C=O) groups is 4. The molecule has 4 amide bonds. The zero-order valence-corrected chi connectivity index (χ0v) is 32.9. The summed E-state index contributed by atoms with van der Waals surface area (Å²) < 4.78 is 12.7. The number of benzene rings is 5. The Morgan fingerprint density at radius 2 is 0.714 bits per heavy atom. The van der Waals surface area contributed by atoms with Gasteiger partial charge in [0.05, 0.1) is 11.4 Å². The number of carbonyl (C=O) groups excluding carboxylic acids is 4. The molecule has 0 radical (unpaired) electrons. The molecule has 0 saturated carbocycles. The first-order valence-electron chi connectivity index (χ1n) is 18.6. The van der Waals surface area contributed by atoms with Crippen LogP contribution in [0.5, 0.6) is 23.0 Å². The van der Waals surface area contributed by atoms with Crippen LogP contribution in [0.2, 0.25) is 0 Å². The average molecular weight is 745 g/mol. The summed E-state index contributed by atoms with van der Waals surface area (Å²) in [5.41, 5.74) is 9.07. The summed E-state index contributed by atoms with van der Waals surface area (Å²) in [7, 11) is 0. The van der Waals surface area contributed by atoms with Crippen LogP contribution in [0, 0.1) is 27.7 Å². The second-order valence-corrected chi connectivity index (χ2v) is 15.6. The average Bonchev–Trinajstić information content (AvgIpc) is 3.69. The predicted octanol–water partition coefficient (Wildman–Crippen LogP) is 10.0. The standard InChI is InChI=1S/C48H44N2O6/c1-29-24-35(25-30(2)45(29)55-39-16-12-37(13-17-39)49-41(51)20-21-42(49)52)47(5,6)33-10-9-11-34(28-33)48(7,8)36-26-31(3)46(32(4)27-36)56-40-18-14-38(15-19-40)50-43(53)22-23-44(50)54/h9-28H,1-8H3. The molecule has 2 heterocycles. The van der Waals surface area contributed by atoms with Crippen molar-refractivity contribution in [2.24, 2.45) is 0 Å². The van der Waals surface area contributed by atoms with E-state index in [9.17, 15) is 19.2 Å². The van der Waals surface area contributed by atoms with Gasteiger partial charge in [0, 0.05) is 35.1 Å². The maximum atomic E-state index is 12.1. The molecule has 0 fully saturated rings. The number of aryl methyl sites for hydroxylation is 4. The minimum atomic E-state index is -0.356. The Labute approximate surface area is 327 Å². The van der Waals surface area contributed by atoms with Gasteiger partial charge in [0.1, 0.15) is 23.0 Å². The van der Waals surface area contributed by atoms with Gasteiger partial charge in [-0.25, -0.2) is 9.80 Å². The van der Waals surface area contributed by atoms with Crippen molar-refractivity contribution in [1.29, 1.82) is 0 Å². The number of rotatable bonds is 10. The van der Waals surface area contributed by atoms with Crippen molar-refractivity contribution in [1.82, 2.24) is 0 Å². The summed E-state index contributed by atoms with van der Waals surface area (Å²) in [6.45, 7) is 17.2. The summed E-state index contributed by atoms with van der Waals surface area (Å²) in [5, 5.41) is 0. The van der Waals surface area contributed by atoms with Gasteiger partial charge in [-0.05, 0) is 121 Å². The van der Waals surface area contributed by atoms with Crippen molar-refractivity contribution in [2.75, 3.05) is 9.80 Å². The third-order valence-electron chi connectivity index (χ3n) is 10.9. The Morgan fingerprint density at radius 1 is 0.411 bits per heavy atom. The first kappa shape index (κ1) is 37.8. The highest BCUT2D eigenvalue weighted by atomic mass is 16.5. The fourth-order valence-corrected chi connectivity index (χ4v) is 7.45. The van der Waals surface area contributed by atoms with E-state index in [2.05, 4.69) is 76.2 Å². The monoisotopic (exact) mass is 744 g/mol. The van der Waals surface area contributed by atoms with Crippen LogP contribution in [0.1, 0.15) is 72.2 Å². The summed E-state index contributed by atoms with van der Waals surface area (Å²) >= 11 is 0. The van der Waals surface area contributed by atoms with E-state index in [1.807, 2.05) is 27.7 Å². The second-order valence-electron chi connectivity index (χ2n) is 15.6. The molecule has 2 aliphatic heterocycles. The van der Waals surface area contributed by atoms with E-state index in [4.69, 9.17) is 9.47 Å². The summed E-state index contributed by atoms with van der Waals surface area (Å²) in [6, 6.07) is 31.5. The molecule has 8 heteroatoms. The van der Waals surface area contributed by atoms with Gasteiger partial charge in [-0.2, -0.15) is 0 Å². The number of imide groups is 2. The predicted molar refractivity (Wildman–Crippen MR) is 219 cm³/mol. The highest BCUT2D eigenvalue weighted by Crippen LogP contribution is 2.42. The maximum Gasteiger partial charge on any atom is 0.258 e. The molecule has 5 aromatic rings. The second kappa shape index (κ2) is 14.3. The highest BCUT2D eigenvalue weighted by molar-refractivity contribution is 6.28. The van der Waals surface area contributed by atoms with Gasteiger partial charge in [0.15, 0.2) is 0 Å². The van der Waals surface area contributed by atoms with Crippen molar-refractivity contribution >= 4 is 35.0 Å². The number of ether oxygens (including phenoxy) is 2. The van der Waals surface area contributed by atoms with Gasteiger partial charge in [-0.3, -0.25) is 19.2 Å². The molecule has 0 aromatic heterocycles. The SMILES string of the molecule is Cc1cc(C(C)(C)c2cccc(C(C)(C)c3cc(C)c(Oc4ccc(N5C(=O)C=CC5=O)cc4)c(C)c3)c2)cc(C)c1Oc1ccc(N2C(=O)C=CC2=O)cc1. The van der Waals surface area contributed by atoms with Crippen LogP contribution >= 0.6 is 0 Å². The number of hydrogen-bond acceptors (Lipinski definition) is 6. The first-order chi connectivity index (χ1) is 26.5. The lowest BCUT2D eigenvalue weighted by Crippen LogP contribution is -2.29. The van der Waals surface area contributed by atoms with E-state index >= 15 is 0 Å². The highest BCUT2D eigenvalue weighted by Gasteiger charge is 2.30. The molecule has 56 heavy (non-hydrogen) atoms. The lowest BCUT2D eigenvalue weighted by Gasteiger charge is -2.32. The summed E-state index contributed by atoms with van der Waals surface area (Å²) in [4.78, 5) is 50.7. The van der Waals surface area contributed by atoms with E-state index in [1.54, 1.807) is 48.5 Å². The lowest BCUT2D eigenvalue weighted by atomic mass is 9.72. The number of hydrogen-bond donors (Lipinski definition) is 0. The molecule has 0 N–H and O–H groups in total. The zero-order valence-electron chi connectivity index (χ0n) is 32.9. The Morgan fingerprint density at radius 3 is 1.02 bits per heavy atom. The molecule has 0 bridgehead atoms. The smallest absolute Gasteiger partial charge is 0.258 e. The van der Waals surface area contributed by atoms with Crippen LogP contribution in [0.25, 0.3) is 0 Å². The quantitative estimate of drug-likeness (QED) is 0.132. The van der Waals surface area contributed by atoms with Gasteiger partial charge in [0.25, 0.3) is 23.6 Å². The molecule has 2 aliphatic rings. The zero-order chi connectivity index (χ0) is 40.1. The van der Waals surface area contributed by atoms with Crippen molar-refractivity contribution in [3.05, 3.63) is 166 Å². The van der Waals surface area contributed by atoms with Gasteiger partial charge in [-0.15, -0.1) is 0 Å². The molecule has 0 aliphatic carbocycles. The van der Waals surface area contributed by atoms with Gasteiger partial charge in [-0.1, -0.05) is 76.2 Å². The molecule has 0 atom stereocenters. The molecule has 0 saturated heterocycles. The fraction of sp³-hybridized carbons (Fsp3) is 0.208. The van der Waals surface area contributed by atoms with E-state index < -0.39 is 0 Å². The molecule has 7 rings (SSSR count). The first-order valence-corrected chi connectivity index (χ1v) is 18.6. The Hall–Kier alpha value is -6.54. The molecular formula is C48H44N2O6. The van der Waals surface area contributed by atoms with Crippen LogP contribution in [0.3, 0.4) is 0 Å². The van der Waals surface area contributed by atoms with Crippen LogP contribution < -0.4 is 19.3 Å². The Kier molecular flexibility index (Phi) is 9.62. The van der Waals surface area contributed by atoms with Crippen LogP contribution in [0.4, 0.5) is 11.4 Å². The van der Waals surface area contributed by atoms with Gasteiger partial charge < -0.3 is 9.47 Å². The molecule has 0 unspecified atom stereocenters. The molecule has 8 nitrogen and oxygen atoms in total. The molecule has 0 spiro atoms. The van der Waals surface area contributed by atoms with E-state index in [0.717, 1.165) is 43.6 Å². The Bertz CT molecular complexity index is 2240. The third kappa shape index (κ3) is 6.94. The van der Waals surface area contributed by atoms with E-state index in [1.165, 1.54) is 46.6 Å². The number of nitrogens with zero attached hydrogens (tertiary/aromatic N) is 2. The molecular weight excluding hydrogens is 701 g/mol. The molecule has 282 valence electrons. The van der Waals surface area contributed by atoms with Crippen LogP contribution in [-0.2, 0) is 30.0 Å². The summed E-state index contributed by atoms with van der Waals surface area (Å²) in [6.07, 6.45) is 5.08. The van der Waals surface area contributed by atoms with Gasteiger partial charge in [0.2, 0.25) is 0 Å². The maximum absolute atomic E-state index is 12.1. The molecule has 5 aromatic carbocycles. The van der Waals surface area contributed by atoms with Crippen molar-refractivity contribution in [3.8, 4) is 23.0 Å². The lowest BCUT2D eigenvalue weighted by molar-refractivity contribution is -0.121. The minimum Gasteiger partial charge on any atom is -0.457 e. The van der Waals surface area contributed by atoms with Crippen LogP contribution in [-0.4, -0.2) is 23.6 Å². The normalized spacial score (nSPS) is 14.4. The Balaban J connectivity index is 1.09. The number of amides is 4. The topological polar surface area (TPSA) is 93.2 Å². The van der Waals surface area contributed by atoms with Crippen molar-refractivity contribution in [3.63, 3.8) is 0 Å². The van der Waals surface area contributed by atoms with Crippen LogP contribution in [0.15, 0.2) is 121 Å². The minimum absolute atomic E-state index is 0.324. The van der Waals surface area contributed by atoms with Crippen molar-refractivity contribution in [2.45, 2.75) is 66.2 Å². The largest absolute Gasteiger partial charge is 0.457 e. The summed E-state index contributed by atoms with van der Waals surface area (Å²) in [5.74, 6) is 1.34. The van der Waals surface area contributed by atoms with Gasteiger partial charge >= 0.3 is 0 Å². The van der Waals surface area contributed by atoms with E-state index in [-0.39, 0.29) is 34.5 Å². The fourth-order valence-electron chi connectivity index (χ4n) is 7.45. The van der Waals surface area contributed by atoms with Crippen molar-refractivity contribution < 1.29 is 28.7 Å².